The molecule has 158 valence electrons. The van der Waals surface area contributed by atoms with Gasteiger partial charge < -0.3 is 24.3 Å². The lowest BCUT2D eigenvalue weighted by molar-refractivity contribution is -0.181. The molecule has 1 saturated heterocycles. The van der Waals surface area contributed by atoms with E-state index in [2.05, 4.69) is 10.6 Å². The number of carbonyl (C=O) groups excluding carboxylic acids is 5. The maximum Gasteiger partial charge on any atom is 0.303 e. The van der Waals surface area contributed by atoms with Gasteiger partial charge in [-0.25, -0.2) is 0 Å². The molecule has 0 aromatic carbocycles. The second-order valence-electron chi connectivity index (χ2n) is 6.36. The summed E-state index contributed by atoms with van der Waals surface area (Å²) in [5, 5.41) is 5.67. The molecular formula is C17H26N2O9. The molecule has 1 aliphatic rings. The number of esters is 4. The standard InChI is InChI=1S/C17H26N2O9/c1-8(20)18-15-13(6-25-9(2)21)19-14(7-26-10(3)22)16(27-11(4)23)17(15)28-12(5)24/h13-17,19H,6-7H2,1-5H3,(H,18,20)/t13-,14-,15+,16-,17-/m1/s1. The third-order valence-corrected chi connectivity index (χ3v) is 3.84. The molecule has 11 nitrogen and oxygen atoms in total. The molecule has 0 aromatic rings. The molecule has 1 heterocycles. The number of hydrogen-bond acceptors (Lipinski definition) is 10. The maximum absolute atomic E-state index is 11.7. The van der Waals surface area contributed by atoms with Crippen molar-refractivity contribution < 1.29 is 42.9 Å². The lowest BCUT2D eigenvalue weighted by Crippen LogP contribution is -2.72. The van der Waals surface area contributed by atoms with E-state index in [0.717, 1.165) is 0 Å². The average Bonchev–Trinajstić information content (AvgIpc) is 2.54. The predicted octanol–water partition coefficient (Wildman–Crippen LogP) is -1.18. The van der Waals surface area contributed by atoms with Crippen LogP contribution in [0.15, 0.2) is 0 Å². The van der Waals surface area contributed by atoms with Gasteiger partial charge in [0.1, 0.15) is 13.2 Å². The Morgan fingerprint density at radius 1 is 0.714 bits per heavy atom. The van der Waals surface area contributed by atoms with Crippen molar-refractivity contribution >= 4 is 29.8 Å². The Morgan fingerprint density at radius 2 is 1.18 bits per heavy atom. The molecule has 11 heteroatoms. The van der Waals surface area contributed by atoms with Crippen LogP contribution < -0.4 is 10.6 Å². The zero-order valence-corrected chi connectivity index (χ0v) is 16.5. The Labute approximate surface area is 162 Å². The van der Waals surface area contributed by atoms with E-state index in [4.69, 9.17) is 18.9 Å². The van der Waals surface area contributed by atoms with E-state index in [9.17, 15) is 24.0 Å². The first kappa shape index (κ1) is 23.3. The average molecular weight is 402 g/mol. The molecular weight excluding hydrogens is 376 g/mol. The lowest BCUT2D eigenvalue weighted by atomic mass is 9.88. The fraction of sp³-hybridized carbons (Fsp3) is 0.706. The highest BCUT2D eigenvalue weighted by atomic mass is 16.6. The van der Waals surface area contributed by atoms with Crippen molar-refractivity contribution in [2.75, 3.05) is 13.2 Å². The maximum atomic E-state index is 11.7. The van der Waals surface area contributed by atoms with E-state index >= 15 is 0 Å². The smallest absolute Gasteiger partial charge is 0.303 e. The lowest BCUT2D eigenvalue weighted by Gasteiger charge is -2.45. The van der Waals surface area contributed by atoms with Crippen LogP contribution in [0.5, 0.6) is 0 Å². The molecule has 0 aliphatic carbocycles. The summed E-state index contributed by atoms with van der Waals surface area (Å²) in [5.74, 6) is -2.87. The van der Waals surface area contributed by atoms with Crippen molar-refractivity contribution in [3.8, 4) is 0 Å². The molecule has 1 fully saturated rings. The first-order valence-electron chi connectivity index (χ1n) is 8.65. The molecule has 1 amide bonds. The highest BCUT2D eigenvalue weighted by Gasteiger charge is 2.49. The van der Waals surface area contributed by atoms with E-state index in [1.807, 2.05) is 0 Å². The van der Waals surface area contributed by atoms with E-state index < -0.39 is 60.1 Å². The molecule has 0 bridgehead atoms. The van der Waals surface area contributed by atoms with Crippen molar-refractivity contribution in [1.82, 2.24) is 10.6 Å². The monoisotopic (exact) mass is 402 g/mol. The van der Waals surface area contributed by atoms with Crippen molar-refractivity contribution in [3.05, 3.63) is 0 Å². The summed E-state index contributed by atoms with van der Waals surface area (Å²) in [7, 11) is 0. The Hall–Kier alpha value is -2.69. The van der Waals surface area contributed by atoms with Gasteiger partial charge in [-0.05, 0) is 0 Å². The summed E-state index contributed by atoms with van der Waals surface area (Å²) >= 11 is 0. The van der Waals surface area contributed by atoms with Gasteiger partial charge in [-0.1, -0.05) is 0 Å². The minimum atomic E-state index is -1.10. The highest BCUT2D eigenvalue weighted by Crippen LogP contribution is 2.23. The Bertz CT molecular complexity index is 578. The second kappa shape index (κ2) is 10.6. The van der Waals surface area contributed by atoms with E-state index in [1.165, 1.54) is 34.6 Å². The van der Waals surface area contributed by atoms with Crippen molar-refractivity contribution in [2.45, 2.75) is 65.0 Å². The fourth-order valence-electron chi connectivity index (χ4n) is 2.94. The van der Waals surface area contributed by atoms with Gasteiger partial charge in [0, 0.05) is 34.6 Å². The van der Waals surface area contributed by atoms with Crippen LogP contribution in [0.2, 0.25) is 0 Å². The van der Waals surface area contributed by atoms with Gasteiger partial charge in [-0.3, -0.25) is 29.3 Å². The summed E-state index contributed by atoms with van der Waals surface area (Å²) in [4.78, 5) is 57.4. The van der Waals surface area contributed by atoms with E-state index in [-0.39, 0.29) is 13.2 Å². The SMILES string of the molecule is CC(=O)N[C@@H]1[C@@H](OC(C)=O)[C@H](OC(C)=O)[C@@H](COC(C)=O)N[C@@H]1COC(C)=O. The highest BCUT2D eigenvalue weighted by molar-refractivity contribution is 5.74. The number of piperidine rings is 1. The van der Waals surface area contributed by atoms with Gasteiger partial charge in [0.2, 0.25) is 5.91 Å². The topological polar surface area (TPSA) is 146 Å². The number of rotatable bonds is 7. The first-order chi connectivity index (χ1) is 13.0. The Kier molecular flexibility index (Phi) is 8.83. The molecule has 0 saturated carbocycles. The van der Waals surface area contributed by atoms with Crippen LogP contribution in [0.1, 0.15) is 34.6 Å². The van der Waals surface area contributed by atoms with E-state index in [0.29, 0.717) is 0 Å². The summed E-state index contributed by atoms with van der Waals surface area (Å²) < 4.78 is 20.7. The molecule has 5 atom stereocenters. The number of nitrogens with one attached hydrogen (secondary N) is 2. The normalized spacial score (nSPS) is 26.5. The van der Waals surface area contributed by atoms with Crippen LogP contribution >= 0.6 is 0 Å². The van der Waals surface area contributed by atoms with Crippen LogP contribution in [0, 0.1) is 0 Å². The largest absolute Gasteiger partial charge is 0.464 e. The Balaban J connectivity index is 3.26. The van der Waals surface area contributed by atoms with Crippen molar-refractivity contribution in [3.63, 3.8) is 0 Å². The molecule has 0 unspecified atom stereocenters. The Morgan fingerprint density at radius 3 is 1.61 bits per heavy atom. The zero-order chi connectivity index (χ0) is 21.4. The number of ether oxygens (including phenoxy) is 4. The van der Waals surface area contributed by atoms with Gasteiger partial charge >= 0.3 is 23.9 Å². The molecule has 1 rings (SSSR count). The number of hydrogen-bond donors (Lipinski definition) is 2. The van der Waals surface area contributed by atoms with Crippen molar-refractivity contribution in [2.24, 2.45) is 0 Å². The predicted molar refractivity (Wildman–Crippen MR) is 92.7 cm³/mol. The fourth-order valence-corrected chi connectivity index (χ4v) is 2.94. The number of carbonyl (C=O) groups is 5. The van der Waals surface area contributed by atoms with Gasteiger partial charge in [0.25, 0.3) is 0 Å². The van der Waals surface area contributed by atoms with Crippen molar-refractivity contribution in [1.29, 1.82) is 0 Å². The summed E-state index contributed by atoms with van der Waals surface area (Å²) in [6.07, 6.45) is -2.17. The minimum Gasteiger partial charge on any atom is -0.464 e. The van der Waals surface area contributed by atoms with Gasteiger partial charge in [-0.15, -0.1) is 0 Å². The summed E-state index contributed by atoms with van der Waals surface area (Å²) in [6.45, 7) is 5.67. The first-order valence-corrected chi connectivity index (χ1v) is 8.65. The minimum absolute atomic E-state index is 0.165. The van der Waals surface area contributed by atoms with Crippen LogP contribution in [0.25, 0.3) is 0 Å². The molecule has 0 radical (unpaired) electrons. The molecule has 28 heavy (non-hydrogen) atoms. The van der Waals surface area contributed by atoms with Crippen LogP contribution in [0.4, 0.5) is 0 Å². The third kappa shape index (κ3) is 7.51. The van der Waals surface area contributed by atoms with Crippen LogP contribution in [0.3, 0.4) is 0 Å². The second-order valence-corrected chi connectivity index (χ2v) is 6.36. The summed E-state index contributed by atoms with van der Waals surface area (Å²) in [6, 6.07) is -2.36. The molecule has 0 spiro atoms. The zero-order valence-electron chi connectivity index (χ0n) is 16.5. The van der Waals surface area contributed by atoms with Gasteiger partial charge in [-0.2, -0.15) is 0 Å². The van der Waals surface area contributed by atoms with Crippen LogP contribution in [-0.4, -0.2) is 73.3 Å². The van der Waals surface area contributed by atoms with Crippen LogP contribution in [-0.2, 0) is 42.9 Å². The number of amides is 1. The summed E-state index contributed by atoms with van der Waals surface area (Å²) in [5.41, 5.74) is 0. The quantitative estimate of drug-likeness (QED) is 0.394. The molecule has 1 aliphatic heterocycles. The van der Waals surface area contributed by atoms with Gasteiger partial charge in [0.15, 0.2) is 12.2 Å². The van der Waals surface area contributed by atoms with E-state index in [1.54, 1.807) is 0 Å². The van der Waals surface area contributed by atoms with Gasteiger partial charge in [0.05, 0.1) is 18.1 Å². The molecule has 2 N–H and O–H groups in total. The molecule has 0 aromatic heterocycles. The third-order valence-electron chi connectivity index (χ3n) is 3.84.